The first-order valence-corrected chi connectivity index (χ1v) is 11.5. The molecule has 1 aromatic carbocycles. The number of aromatic nitrogens is 2. The van der Waals surface area contributed by atoms with Crippen LogP contribution in [0.15, 0.2) is 36.1 Å². The zero-order valence-corrected chi connectivity index (χ0v) is 17.3. The number of thiazole rings is 1. The van der Waals surface area contributed by atoms with E-state index in [1.54, 1.807) is 16.8 Å². The van der Waals surface area contributed by atoms with Crippen LogP contribution in [-0.2, 0) is 0 Å². The lowest BCUT2D eigenvalue weighted by molar-refractivity contribution is -0.0680. The van der Waals surface area contributed by atoms with Crippen LogP contribution in [-0.4, -0.2) is 33.1 Å². The van der Waals surface area contributed by atoms with E-state index in [4.69, 9.17) is 0 Å². The van der Waals surface area contributed by atoms with Crippen molar-refractivity contribution < 1.29 is 9.90 Å². The average molecular weight is 410 g/mol. The largest absolute Gasteiger partial charge is 0.390 e. The molecule has 2 heterocycles. The molecule has 0 aliphatic heterocycles. The number of benzene rings is 1. The Kier molecular flexibility index (Phi) is 4.92. The van der Waals surface area contributed by atoms with Crippen molar-refractivity contribution in [2.45, 2.75) is 50.5 Å². The molecule has 0 radical (unpaired) electrons. The fourth-order valence-electron chi connectivity index (χ4n) is 5.50. The second-order valence-electron chi connectivity index (χ2n) is 8.87. The van der Waals surface area contributed by atoms with Crippen molar-refractivity contribution in [2.75, 3.05) is 6.54 Å². The van der Waals surface area contributed by atoms with Gasteiger partial charge in [0.2, 0.25) is 0 Å². The highest BCUT2D eigenvalue weighted by Gasteiger charge is 2.41. The van der Waals surface area contributed by atoms with Gasteiger partial charge < -0.3 is 15.4 Å². The van der Waals surface area contributed by atoms with Crippen LogP contribution >= 0.6 is 11.3 Å². The minimum absolute atomic E-state index is 0.0318. The fraction of sp³-hybridized carbons (Fsp3) is 0.478. The Morgan fingerprint density at radius 2 is 2.31 bits per heavy atom. The van der Waals surface area contributed by atoms with E-state index in [-0.39, 0.29) is 5.91 Å². The Balaban J connectivity index is 1.28. The summed E-state index contributed by atoms with van der Waals surface area (Å²) < 4.78 is 0. The number of carbonyl (C=O) groups is 1. The molecule has 29 heavy (non-hydrogen) atoms. The zero-order chi connectivity index (χ0) is 19.8. The molecule has 6 heteroatoms. The number of hydrogen-bond donors (Lipinski definition) is 3. The highest BCUT2D eigenvalue weighted by molar-refractivity contribution is 7.13. The quantitative estimate of drug-likeness (QED) is 0.569. The summed E-state index contributed by atoms with van der Waals surface area (Å²) in [6.07, 6.45) is 11.1. The third-order valence-corrected chi connectivity index (χ3v) is 7.55. The summed E-state index contributed by atoms with van der Waals surface area (Å²) in [5.41, 5.74) is 4.03. The number of nitrogens with zero attached hydrogens (tertiary/aromatic N) is 1. The Hall–Kier alpha value is -2.18. The van der Waals surface area contributed by atoms with E-state index in [9.17, 15) is 9.90 Å². The molecule has 1 amide bonds. The van der Waals surface area contributed by atoms with E-state index >= 15 is 0 Å². The van der Waals surface area contributed by atoms with Gasteiger partial charge in [0.15, 0.2) is 0 Å². The van der Waals surface area contributed by atoms with Gasteiger partial charge in [0.05, 0.1) is 16.0 Å². The Morgan fingerprint density at radius 1 is 1.38 bits per heavy atom. The molecule has 152 valence electrons. The lowest BCUT2D eigenvalue weighted by atomic mass is 9.65. The molecule has 3 unspecified atom stereocenters. The molecular formula is C23H27N3O2S. The number of carbonyl (C=O) groups excluding carboxylic acids is 1. The predicted molar refractivity (Wildman–Crippen MR) is 116 cm³/mol. The minimum atomic E-state index is -0.448. The number of H-pyrrole nitrogens is 1. The third-order valence-electron chi connectivity index (χ3n) is 6.73. The second kappa shape index (κ2) is 7.58. The molecule has 2 saturated carbocycles. The van der Waals surface area contributed by atoms with Crippen LogP contribution in [0.25, 0.3) is 21.3 Å². The maximum absolute atomic E-state index is 13.0. The van der Waals surface area contributed by atoms with Crippen molar-refractivity contribution in [1.82, 2.24) is 15.3 Å². The van der Waals surface area contributed by atoms with Crippen molar-refractivity contribution in [2.24, 2.45) is 11.8 Å². The molecule has 2 aromatic heterocycles. The molecule has 3 N–H and O–H groups in total. The van der Waals surface area contributed by atoms with Gasteiger partial charge in [0.25, 0.3) is 5.91 Å². The first kappa shape index (κ1) is 18.8. The normalized spacial score (nSPS) is 26.5. The van der Waals surface area contributed by atoms with E-state index in [0.717, 1.165) is 53.4 Å². The Bertz CT molecular complexity index is 1010. The van der Waals surface area contributed by atoms with Gasteiger partial charge in [-0.2, -0.15) is 0 Å². The highest BCUT2D eigenvalue weighted by Crippen LogP contribution is 2.46. The number of aromatic amines is 1. The fourth-order valence-corrected chi connectivity index (χ4v) is 6.11. The van der Waals surface area contributed by atoms with E-state index in [0.29, 0.717) is 23.9 Å². The van der Waals surface area contributed by atoms with Gasteiger partial charge in [0.1, 0.15) is 0 Å². The lowest BCUT2D eigenvalue weighted by Gasteiger charge is -2.45. The molecule has 5 rings (SSSR count). The first-order valence-electron chi connectivity index (χ1n) is 10.6. The third kappa shape index (κ3) is 3.83. The number of rotatable bonds is 5. The van der Waals surface area contributed by atoms with Gasteiger partial charge in [-0.25, -0.2) is 0 Å². The van der Waals surface area contributed by atoms with Crippen LogP contribution in [0.3, 0.4) is 0 Å². The Labute approximate surface area is 174 Å². The van der Waals surface area contributed by atoms with Gasteiger partial charge in [0, 0.05) is 35.4 Å². The molecule has 2 aliphatic carbocycles. The first-order chi connectivity index (χ1) is 14.1. The molecular weight excluding hydrogens is 382 g/mol. The van der Waals surface area contributed by atoms with Crippen molar-refractivity contribution in [3.05, 3.63) is 41.7 Å². The van der Waals surface area contributed by atoms with Crippen LogP contribution in [0.4, 0.5) is 0 Å². The van der Waals surface area contributed by atoms with Crippen LogP contribution in [0, 0.1) is 11.8 Å². The molecule has 0 spiro atoms. The number of hydrogen-bond acceptors (Lipinski definition) is 4. The van der Waals surface area contributed by atoms with Crippen molar-refractivity contribution in [3.63, 3.8) is 0 Å². The van der Waals surface area contributed by atoms with E-state index in [2.05, 4.69) is 21.4 Å². The van der Waals surface area contributed by atoms with E-state index in [1.807, 2.05) is 24.5 Å². The summed E-state index contributed by atoms with van der Waals surface area (Å²) in [7, 11) is 0. The number of aliphatic hydroxyl groups is 1. The molecule has 2 aliphatic rings. The lowest BCUT2D eigenvalue weighted by Crippen LogP contribution is -2.43. The standard InChI is InChI=1S/C23H27N3O2S/c27-22(26-6-3-16-8-15-2-1-5-23(28,11-15)12-16)19-9-17(21-13-24-14-29-21)10-20-18(19)4-7-25-20/h4,7,9-10,13-16,25,28H,1-3,5-6,8,11-12H2,(H,26,27). The molecule has 2 bridgehead atoms. The van der Waals surface area contributed by atoms with Crippen LogP contribution in [0.2, 0.25) is 0 Å². The molecule has 5 nitrogen and oxygen atoms in total. The monoisotopic (exact) mass is 409 g/mol. The average Bonchev–Trinajstić information content (AvgIpc) is 3.38. The Morgan fingerprint density at radius 3 is 3.14 bits per heavy atom. The zero-order valence-electron chi connectivity index (χ0n) is 16.5. The number of fused-ring (bicyclic) bond motifs is 3. The van der Waals surface area contributed by atoms with Gasteiger partial charge in [-0.3, -0.25) is 9.78 Å². The van der Waals surface area contributed by atoms with Gasteiger partial charge in [-0.1, -0.05) is 12.8 Å². The summed E-state index contributed by atoms with van der Waals surface area (Å²) in [6.45, 7) is 0.656. The summed E-state index contributed by atoms with van der Waals surface area (Å²) in [6, 6.07) is 5.99. The maximum Gasteiger partial charge on any atom is 0.251 e. The smallest absolute Gasteiger partial charge is 0.251 e. The summed E-state index contributed by atoms with van der Waals surface area (Å²) in [4.78, 5) is 21.4. The summed E-state index contributed by atoms with van der Waals surface area (Å²) >= 11 is 1.57. The van der Waals surface area contributed by atoms with Crippen molar-refractivity contribution in [1.29, 1.82) is 0 Å². The molecule has 3 aromatic rings. The van der Waals surface area contributed by atoms with Crippen LogP contribution < -0.4 is 5.32 Å². The SMILES string of the molecule is O=C(NCCC1CC2CCCC(O)(C2)C1)c1cc(-c2cncs2)cc2[nH]ccc12. The minimum Gasteiger partial charge on any atom is -0.390 e. The number of amides is 1. The molecule has 0 saturated heterocycles. The van der Waals surface area contributed by atoms with Crippen molar-refractivity contribution in [3.8, 4) is 10.4 Å². The highest BCUT2D eigenvalue weighted by atomic mass is 32.1. The summed E-state index contributed by atoms with van der Waals surface area (Å²) in [5.74, 6) is 1.14. The second-order valence-corrected chi connectivity index (χ2v) is 9.75. The summed E-state index contributed by atoms with van der Waals surface area (Å²) in [5, 5.41) is 14.9. The predicted octanol–water partition coefficient (Wildman–Crippen LogP) is 4.74. The molecule has 3 atom stereocenters. The van der Waals surface area contributed by atoms with Crippen LogP contribution in [0.1, 0.15) is 55.3 Å². The van der Waals surface area contributed by atoms with E-state index in [1.165, 1.54) is 12.8 Å². The van der Waals surface area contributed by atoms with Crippen LogP contribution in [0.5, 0.6) is 0 Å². The topological polar surface area (TPSA) is 78.0 Å². The van der Waals surface area contributed by atoms with Gasteiger partial charge in [-0.05, 0) is 67.7 Å². The van der Waals surface area contributed by atoms with Crippen molar-refractivity contribution >= 4 is 28.1 Å². The van der Waals surface area contributed by atoms with E-state index < -0.39 is 5.60 Å². The van der Waals surface area contributed by atoms with Gasteiger partial charge >= 0.3 is 0 Å². The van der Waals surface area contributed by atoms with Gasteiger partial charge in [-0.15, -0.1) is 11.3 Å². The number of nitrogens with one attached hydrogen (secondary N) is 2. The molecule has 2 fully saturated rings. The maximum atomic E-state index is 13.0.